The highest BCUT2D eigenvalue weighted by atomic mass is 16.3. The van der Waals surface area contributed by atoms with Gasteiger partial charge in [0.05, 0.1) is 0 Å². The summed E-state index contributed by atoms with van der Waals surface area (Å²) in [6.07, 6.45) is 5.00. The quantitative estimate of drug-likeness (QED) is 0.655. The third-order valence-corrected chi connectivity index (χ3v) is 5.68. The van der Waals surface area contributed by atoms with Gasteiger partial charge in [-0.2, -0.15) is 0 Å². The first-order chi connectivity index (χ1) is 12.4. The Labute approximate surface area is 152 Å². The molecule has 0 bridgehead atoms. The fourth-order valence-corrected chi connectivity index (χ4v) is 4.27. The van der Waals surface area contributed by atoms with E-state index in [2.05, 4.69) is 9.95 Å². The van der Waals surface area contributed by atoms with E-state index in [1.54, 1.807) is 19.1 Å². The molecule has 6 nitrogen and oxygen atoms in total. The van der Waals surface area contributed by atoms with Gasteiger partial charge in [-0.3, -0.25) is 0 Å². The minimum Gasteiger partial charge on any atom is -0.501 e. The van der Waals surface area contributed by atoms with Crippen molar-refractivity contribution in [2.45, 2.75) is 51.4 Å². The van der Waals surface area contributed by atoms with E-state index in [-0.39, 0.29) is 28.3 Å². The first-order valence-corrected chi connectivity index (χ1v) is 8.82. The average molecular weight is 350 g/mol. The average Bonchev–Trinajstić information content (AvgIpc) is 2.66. The molecule has 2 N–H and O–H groups in total. The molecule has 0 saturated heterocycles. The van der Waals surface area contributed by atoms with Gasteiger partial charge in [-0.1, -0.05) is 25.3 Å². The lowest BCUT2D eigenvalue weighted by Crippen LogP contribution is -2.31. The second-order valence-corrected chi connectivity index (χ2v) is 7.11. The van der Waals surface area contributed by atoms with Crippen LogP contribution in [0.4, 0.5) is 11.4 Å². The Balaban J connectivity index is 2.28. The number of diazo groups is 2. The summed E-state index contributed by atoms with van der Waals surface area (Å²) >= 11 is 0. The summed E-state index contributed by atoms with van der Waals surface area (Å²) in [5, 5.41) is 38.9. The van der Waals surface area contributed by atoms with Gasteiger partial charge in [0.15, 0.2) is 9.95 Å². The molecule has 1 saturated carbocycles. The van der Waals surface area contributed by atoms with Gasteiger partial charge in [-0.15, -0.1) is 0 Å². The summed E-state index contributed by atoms with van der Waals surface area (Å²) in [5.41, 5.74) is 3.18. The molecule has 0 amide bonds. The fraction of sp³-hybridized carbons (Fsp3) is 0.400. The van der Waals surface area contributed by atoms with Crippen molar-refractivity contribution < 1.29 is 10.2 Å². The third-order valence-electron chi connectivity index (χ3n) is 5.68. The van der Waals surface area contributed by atoms with Gasteiger partial charge in [0.2, 0.25) is 22.3 Å². The summed E-state index contributed by atoms with van der Waals surface area (Å²) in [4.78, 5) is 6.37. The van der Waals surface area contributed by atoms with Crippen molar-refractivity contribution in [1.29, 1.82) is 10.8 Å². The Morgan fingerprint density at radius 3 is 2.15 bits per heavy atom. The lowest BCUT2D eigenvalue weighted by Gasteiger charge is -2.39. The lowest BCUT2D eigenvalue weighted by molar-refractivity contribution is 0.342. The second kappa shape index (κ2) is 6.65. The first-order valence-electron chi connectivity index (χ1n) is 8.82. The van der Waals surface area contributed by atoms with Gasteiger partial charge in [0.25, 0.3) is 0 Å². The summed E-state index contributed by atoms with van der Waals surface area (Å²) in [7, 11) is 0. The van der Waals surface area contributed by atoms with E-state index in [1.165, 1.54) is 0 Å². The molecule has 0 atom stereocenters. The second-order valence-electron chi connectivity index (χ2n) is 7.11. The predicted octanol–water partition coefficient (Wildman–Crippen LogP) is 5.93. The van der Waals surface area contributed by atoms with Gasteiger partial charge in [0, 0.05) is 23.1 Å². The highest BCUT2D eigenvalue weighted by Crippen LogP contribution is 2.50. The molecule has 132 valence electrons. The standard InChI is InChI=1S/C20H20N4O2/c1-12-10-14(11-17(24-22)18(12)25)20(8-4-3-5-9-20)15-6-7-16(23-21)19(26)13(15)2/h6-7,10-11H,3-5,8-9H2,1-2H3/p+2. The maximum absolute atomic E-state index is 10.4. The minimum absolute atomic E-state index is 0.0301. The molecule has 26 heavy (non-hydrogen) atoms. The monoisotopic (exact) mass is 350 g/mol. The van der Waals surface area contributed by atoms with Gasteiger partial charge < -0.3 is 10.2 Å². The van der Waals surface area contributed by atoms with E-state index in [9.17, 15) is 15.6 Å². The van der Waals surface area contributed by atoms with E-state index >= 15 is 0 Å². The highest BCUT2D eigenvalue weighted by Gasteiger charge is 2.40. The number of phenols is 2. The minimum atomic E-state index is -0.355. The molecule has 0 unspecified atom stereocenters. The van der Waals surface area contributed by atoms with Crippen LogP contribution >= 0.6 is 0 Å². The molecule has 0 spiro atoms. The van der Waals surface area contributed by atoms with Crippen LogP contribution in [0.25, 0.3) is 9.95 Å². The topological polar surface area (TPSA) is 96.8 Å². The molecule has 3 rings (SSSR count). The SMILES string of the molecule is Cc1cc(C2(c3ccc([N+]#N)c(O)c3C)CCCCC2)cc([N+]#N)c1O. The molecule has 0 heterocycles. The van der Waals surface area contributed by atoms with Crippen LogP contribution in [0.2, 0.25) is 0 Å². The van der Waals surface area contributed by atoms with E-state index in [0.717, 1.165) is 43.2 Å². The van der Waals surface area contributed by atoms with E-state index < -0.39 is 0 Å². The normalized spacial score (nSPS) is 15.8. The summed E-state index contributed by atoms with van der Waals surface area (Å²) in [5.74, 6) is -0.0614. The smallest absolute Gasteiger partial charge is 0.426 e. The van der Waals surface area contributed by atoms with E-state index in [4.69, 9.17) is 5.39 Å². The molecule has 1 fully saturated rings. The Bertz CT molecular complexity index is 948. The van der Waals surface area contributed by atoms with Crippen LogP contribution in [0.5, 0.6) is 11.5 Å². The van der Waals surface area contributed by atoms with Crippen LogP contribution in [-0.2, 0) is 5.41 Å². The Morgan fingerprint density at radius 1 is 0.885 bits per heavy atom. The van der Waals surface area contributed by atoms with Crippen molar-refractivity contribution in [3.05, 3.63) is 56.5 Å². The Kier molecular flexibility index (Phi) is 4.52. The van der Waals surface area contributed by atoms with E-state index in [1.807, 2.05) is 19.1 Å². The van der Waals surface area contributed by atoms with Gasteiger partial charge in [-0.05, 0) is 49.4 Å². The Hall–Kier alpha value is -3.12. The highest BCUT2D eigenvalue weighted by molar-refractivity contribution is 5.66. The number of benzene rings is 2. The molecule has 0 radical (unpaired) electrons. The van der Waals surface area contributed by atoms with Crippen LogP contribution in [-0.4, -0.2) is 10.2 Å². The van der Waals surface area contributed by atoms with Gasteiger partial charge in [0.1, 0.15) is 0 Å². The van der Waals surface area contributed by atoms with Gasteiger partial charge >= 0.3 is 11.4 Å². The molecule has 1 aliphatic carbocycles. The molecule has 0 aromatic heterocycles. The van der Waals surface area contributed by atoms with Crippen LogP contribution in [0.3, 0.4) is 0 Å². The van der Waals surface area contributed by atoms with Gasteiger partial charge in [-0.25, -0.2) is 0 Å². The van der Waals surface area contributed by atoms with Crippen molar-refractivity contribution in [2.75, 3.05) is 0 Å². The number of hydrogen-bond acceptors (Lipinski definition) is 4. The zero-order valence-corrected chi connectivity index (χ0v) is 15.0. The van der Waals surface area contributed by atoms with Crippen molar-refractivity contribution in [1.82, 2.24) is 0 Å². The molecule has 2 aromatic rings. The summed E-state index contributed by atoms with van der Waals surface area (Å²) in [6.45, 7) is 3.60. The first kappa shape index (κ1) is 17.7. The number of hydrogen-bond donors (Lipinski definition) is 2. The van der Waals surface area contributed by atoms with Crippen molar-refractivity contribution in [3.63, 3.8) is 0 Å². The van der Waals surface area contributed by atoms with Crippen LogP contribution in [0.1, 0.15) is 54.4 Å². The largest absolute Gasteiger partial charge is 0.501 e. The number of nitrogens with zero attached hydrogens (tertiary/aromatic N) is 4. The lowest BCUT2D eigenvalue weighted by atomic mass is 9.64. The van der Waals surface area contributed by atoms with E-state index in [0.29, 0.717) is 11.1 Å². The molecule has 2 aromatic carbocycles. The van der Waals surface area contributed by atoms with Crippen molar-refractivity contribution in [2.24, 2.45) is 0 Å². The fourth-order valence-electron chi connectivity index (χ4n) is 4.27. The number of aromatic hydroxyl groups is 2. The van der Waals surface area contributed by atoms with Crippen molar-refractivity contribution >= 4 is 11.4 Å². The van der Waals surface area contributed by atoms with Crippen LogP contribution < -0.4 is 0 Å². The van der Waals surface area contributed by atoms with Crippen molar-refractivity contribution in [3.8, 4) is 11.5 Å². The summed E-state index contributed by atoms with van der Waals surface area (Å²) in [6, 6.07) is 7.15. The molecule has 1 aliphatic rings. The number of aryl methyl sites for hydroxylation is 1. The number of phenolic OH excluding ortho intramolecular Hbond substituents is 2. The molecular formula is C20H22N4O2+2. The molecule has 6 heteroatoms. The third kappa shape index (κ3) is 2.64. The maximum atomic E-state index is 10.4. The number of rotatable bonds is 2. The summed E-state index contributed by atoms with van der Waals surface area (Å²) < 4.78 is 0. The molecule has 0 aliphatic heterocycles. The predicted molar refractivity (Wildman–Crippen MR) is 99.0 cm³/mol. The van der Waals surface area contributed by atoms with Crippen LogP contribution in [0.15, 0.2) is 24.3 Å². The zero-order valence-electron chi connectivity index (χ0n) is 15.0. The maximum Gasteiger partial charge on any atom is 0.426 e. The van der Waals surface area contributed by atoms with Crippen LogP contribution in [0, 0.1) is 24.6 Å². The Morgan fingerprint density at radius 2 is 1.54 bits per heavy atom. The zero-order chi connectivity index (χ0) is 18.9. The molecular weight excluding hydrogens is 328 g/mol.